The summed E-state index contributed by atoms with van der Waals surface area (Å²) in [6, 6.07) is 22.0. The van der Waals surface area contributed by atoms with Gasteiger partial charge in [0, 0.05) is 35.5 Å². The van der Waals surface area contributed by atoms with Crippen molar-refractivity contribution >= 4 is 23.3 Å². The predicted molar refractivity (Wildman–Crippen MR) is 87.7 cm³/mol. The van der Waals surface area contributed by atoms with Crippen molar-refractivity contribution < 1.29 is 0 Å². The van der Waals surface area contributed by atoms with Crippen molar-refractivity contribution in [2.24, 2.45) is 4.99 Å². The highest BCUT2D eigenvalue weighted by Crippen LogP contribution is 2.20. The molecule has 3 nitrogen and oxygen atoms in total. The first kappa shape index (κ1) is 13.1. The Morgan fingerprint density at radius 3 is 2.29 bits per heavy atom. The highest BCUT2D eigenvalue weighted by Gasteiger charge is 1.94. The molecule has 0 unspecified atom stereocenters. The van der Waals surface area contributed by atoms with Gasteiger partial charge in [-0.25, -0.2) is 0 Å². The van der Waals surface area contributed by atoms with Crippen LogP contribution >= 0.6 is 0 Å². The molecular formula is C18H15N3. The Bertz CT molecular complexity index is 704. The van der Waals surface area contributed by atoms with E-state index in [2.05, 4.69) is 15.3 Å². The van der Waals surface area contributed by atoms with Crippen molar-refractivity contribution in [3.05, 3.63) is 84.7 Å². The van der Waals surface area contributed by atoms with E-state index < -0.39 is 0 Å². The minimum absolute atomic E-state index is 0.914. The summed E-state index contributed by atoms with van der Waals surface area (Å²) >= 11 is 0. The fraction of sp³-hybridized carbons (Fsp3) is 0. The lowest BCUT2D eigenvalue weighted by molar-refractivity contribution is 1.32. The zero-order valence-corrected chi connectivity index (χ0v) is 11.5. The summed E-state index contributed by atoms with van der Waals surface area (Å²) in [5.41, 5.74) is 4.02. The number of para-hydroxylation sites is 1. The van der Waals surface area contributed by atoms with Crippen LogP contribution in [-0.2, 0) is 0 Å². The van der Waals surface area contributed by atoms with Gasteiger partial charge < -0.3 is 5.32 Å². The minimum Gasteiger partial charge on any atom is -0.356 e. The van der Waals surface area contributed by atoms with Crippen LogP contribution in [0.25, 0.3) is 0 Å². The van der Waals surface area contributed by atoms with Gasteiger partial charge >= 0.3 is 0 Å². The maximum absolute atomic E-state index is 4.43. The highest BCUT2D eigenvalue weighted by atomic mass is 14.9. The monoisotopic (exact) mass is 273 g/mol. The first-order valence-corrected chi connectivity index (χ1v) is 6.76. The molecule has 0 spiro atoms. The number of aromatic nitrogens is 1. The summed E-state index contributed by atoms with van der Waals surface area (Å²) in [4.78, 5) is 8.49. The van der Waals surface area contributed by atoms with Crippen LogP contribution in [0.15, 0.2) is 84.1 Å². The van der Waals surface area contributed by atoms with E-state index in [-0.39, 0.29) is 0 Å². The second-order valence-electron chi connectivity index (χ2n) is 4.58. The Balaban J connectivity index is 1.68. The van der Waals surface area contributed by atoms with Crippen LogP contribution in [0.3, 0.4) is 0 Å². The molecule has 0 aliphatic carbocycles. The molecule has 1 aromatic heterocycles. The molecule has 0 amide bonds. The molecule has 0 saturated heterocycles. The number of nitrogens with zero attached hydrogens (tertiary/aromatic N) is 2. The average molecular weight is 273 g/mol. The summed E-state index contributed by atoms with van der Waals surface area (Å²) in [5, 5.41) is 3.34. The molecule has 102 valence electrons. The molecule has 3 aromatic rings. The lowest BCUT2D eigenvalue weighted by atomic mass is 10.2. The molecule has 1 N–H and O–H groups in total. The number of benzene rings is 2. The summed E-state index contributed by atoms with van der Waals surface area (Å²) in [6.45, 7) is 0. The van der Waals surface area contributed by atoms with Crippen LogP contribution in [0.4, 0.5) is 17.1 Å². The Labute approximate surface area is 124 Å². The zero-order valence-electron chi connectivity index (χ0n) is 11.5. The van der Waals surface area contributed by atoms with Crippen LogP contribution in [0, 0.1) is 0 Å². The number of hydrogen-bond acceptors (Lipinski definition) is 3. The van der Waals surface area contributed by atoms with E-state index in [0.29, 0.717) is 0 Å². The van der Waals surface area contributed by atoms with Gasteiger partial charge in [-0.15, -0.1) is 0 Å². The van der Waals surface area contributed by atoms with E-state index in [0.717, 1.165) is 22.6 Å². The summed E-state index contributed by atoms with van der Waals surface area (Å²) in [6.07, 6.45) is 5.35. The molecule has 0 aliphatic heterocycles. The molecular weight excluding hydrogens is 258 g/mol. The SMILES string of the molecule is C(=Nc1ccc(Nc2ccccc2)cc1)c1cccnc1. The van der Waals surface area contributed by atoms with Crippen LogP contribution in [0.5, 0.6) is 0 Å². The van der Waals surface area contributed by atoms with Gasteiger partial charge in [0.15, 0.2) is 0 Å². The van der Waals surface area contributed by atoms with Gasteiger partial charge in [-0.2, -0.15) is 0 Å². The van der Waals surface area contributed by atoms with Crippen molar-refractivity contribution in [1.82, 2.24) is 4.98 Å². The Hall–Kier alpha value is -2.94. The molecule has 1 heterocycles. The minimum atomic E-state index is 0.914. The van der Waals surface area contributed by atoms with Crippen LogP contribution < -0.4 is 5.32 Å². The predicted octanol–water partition coefficient (Wildman–Crippen LogP) is 4.58. The second-order valence-corrected chi connectivity index (χ2v) is 4.58. The summed E-state index contributed by atoms with van der Waals surface area (Å²) in [7, 11) is 0. The molecule has 0 bridgehead atoms. The van der Waals surface area contributed by atoms with Crippen molar-refractivity contribution in [2.75, 3.05) is 5.32 Å². The lowest BCUT2D eigenvalue weighted by Gasteiger charge is -2.05. The quantitative estimate of drug-likeness (QED) is 0.707. The molecule has 0 aliphatic rings. The van der Waals surface area contributed by atoms with E-state index in [9.17, 15) is 0 Å². The molecule has 0 atom stereocenters. The van der Waals surface area contributed by atoms with Gasteiger partial charge in [0.1, 0.15) is 0 Å². The number of nitrogens with one attached hydrogen (secondary N) is 1. The van der Waals surface area contributed by atoms with Crippen molar-refractivity contribution in [3.63, 3.8) is 0 Å². The lowest BCUT2D eigenvalue weighted by Crippen LogP contribution is -1.88. The fourth-order valence-electron chi connectivity index (χ4n) is 1.92. The molecule has 3 heteroatoms. The number of rotatable bonds is 4. The first-order chi connectivity index (χ1) is 10.4. The Kier molecular flexibility index (Phi) is 4.03. The third-order valence-corrected chi connectivity index (χ3v) is 2.98. The van der Waals surface area contributed by atoms with E-state index in [1.165, 1.54) is 0 Å². The van der Waals surface area contributed by atoms with Crippen LogP contribution in [0.1, 0.15) is 5.56 Å². The van der Waals surface area contributed by atoms with Crippen LogP contribution in [-0.4, -0.2) is 11.2 Å². The number of aliphatic imine (C=N–C) groups is 1. The first-order valence-electron chi connectivity index (χ1n) is 6.76. The van der Waals surface area contributed by atoms with E-state index in [1.54, 1.807) is 12.4 Å². The van der Waals surface area contributed by atoms with E-state index in [4.69, 9.17) is 0 Å². The maximum atomic E-state index is 4.43. The third kappa shape index (κ3) is 3.76. The number of pyridine rings is 1. The molecule has 21 heavy (non-hydrogen) atoms. The van der Waals surface area contributed by atoms with Gasteiger partial charge in [0.2, 0.25) is 0 Å². The van der Waals surface area contributed by atoms with Gasteiger partial charge in [0.25, 0.3) is 0 Å². The number of hydrogen-bond donors (Lipinski definition) is 1. The zero-order chi connectivity index (χ0) is 14.3. The maximum Gasteiger partial charge on any atom is 0.0631 e. The molecule has 0 saturated carbocycles. The average Bonchev–Trinajstić information content (AvgIpc) is 2.56. The highest BCUT2D eigenvalue weighted by molar-refractivity contribution is 5.81. The largest absolute Gasteiger partial charge is 0.356 e. The van der Waals surface area contributed by atoms with Gasteiger partial charge in [-0.3, -0.25) is 9.98 Å². The third-order valence-electron chi connectivity index (χ3n) is 2.98. The molecule has 0 radical (unpaired) electrons. The van der Waals surface area contributed by atoms with Gasteiger partial charge in [-0.1, -0.05) is 24.3 Å². The van der Waals surface area contributed by atoms with Gasteiger partial charge in [0.05, 0.1) is 5.69 Å². The van der Waals surface area contributed by atoms with Gasteiger partial charge in [-0.05, 0) is 42.5 Å². The second kappa shape index (κ2) is 6.48. The topological polar surface area (TPSA) is 37.3 Å². The molecule has 0 fully saturated rings. The normalized spacial score (nSPS) is 10.7. The molecule has 2 aromatic carbocycles. The van der Waals surface area contributed by atoms with E-state index >= 15 is 0 Å². The Morgan fingerprint density at radius 1 is 0.810 bits per heavy atom. The number of anilines is 2. The van der Waals surface area contributed by atoms with Crippen molar-refractivity contribution in [3.8, 4) is 0 Å². The Morgan fingerprint density at radius 2 is 1.57 bits per heavy atom. The summed E-state index contributed by atoms with van der Waals surface area (Å²) < 4.78 is 0. The molecule has 3 rings (SSSR count). The standard InChI is InChI=1S/C18H15N3/c1-2-6-17(7-3-1)21-18-10-8-16(9-11-18)20-14-15-5-4-12-19-13-15/h1-14,21H. The smallest absolute Gasteiger partial charge is 0.0631 e. The van der Waals surface area contributed by atoms with Crippen molar-refractivity contribution in [1.29, 1.82) is 0 Å². The van der Waals surface area contributed by atoms with E-state index in [1.807, 2.05) is 72.9 Å². The summed E-state index contributed by atoms with van der Waals surface area (Å²) in [5.74, 6) is 0. The fourth-order valence-corrected chi connectivity index (χ4v) is 1.92. The van der Waals surface area contributed by atoms with Crippen LogP contribution in [0.2, 0.25) is 0 Å². The van der Waals surface area contributed by atoms with Crippen molar-refractivity contribution in [2.45, 2.75) is 0 Å².